The minimum absolute atomic E-state index is 0.0981. The van der Waals surface area contributed by atoms with Crippen molar-refractivity contribution < 1.29 is 14.3 Å². The zero-order chi connectivity index (χ0) is 16.9. The van der Waals surface area contributed by atoms with Crippen molar-refractivity contribution in [3.05, 3.63) is 47.5 Å². The Labute approximate surface area is 139 Å². The molecule has 0 spiro atoms. The summed E-state index contributed by atoms with van der Waals surface area (Å²) in [6.45, 7) is 1.08. The van der Waals surface area contributed by atoms with Crippen molar-refractivity contribution in [1.82, 2.24) is 15.1 Å². The quantitative estimate of drug-likeness (QED) is 0.849. The summed E-state index contributed by atoms with van der Waals surface area (Å²) in [6.07, 6.45) is 0.591. The Balaban J connectivity index is 1.62. The van der Waals surface area contributed by atoms with Crippen LogP contribution in [0, 0.1) is 11.3 Å². The molecule has 2 aromatic rings. The Bertz CT molecular complexity index is 770. The van der Waals surface area contributed by atoms with Gasteiger partial charge in [-0.2, -0.15) is 5.26 Å². The fraction of sp³-hybridized carbons (Fsp3) is 0.294. The van der Waals surface area contributed by atoms with Gasteiger partial charge in [0, 0.05) is 30.7 Å². The fourth-order valence-corrected chi connectivity index (χ4v) is 2.56. The number of benzene rings is 1. The van der Waals surface area contributed by atoms with E-state index in [4.69, 9.17) is 14.7 Å². The number of likely N-dealkylation sites (tertiary alicyclic amines) is 1. The summed E-state index contributed by atoms with van der Waals surface area (Å²) in [4.78, 5) is 14.2. The van der Waals surface area contributed by atoms with Crippen molar-refractivity contribution in [2.24, 2.45) is 0 Å². The highest BCUT2D eigenvalue weighted by molar-refractivity contribution is 5.94. The number of amides is 1. The van der Waals surface area contributed by atoms with Gasteiger partial charge in [-0.05, 0) is 18.2 Å². The van der Waals surface area contributed by atoms with Crippen molar-refractivity contribution in [2.45, 2.75) is 12.5 Å². The van der Waals surface area contributed by atoms with Gasteiger partial charge in [0.1, 0.15) is 6.10 Å². The van der Waals surface area contributed by atoms with Crippen molar-refractivity contribution in [2.75, 3.05) is 20.2 Å². The summed E-state index contributed by atoms with van der Waals surface area (Å²) in [5.41, 5.74) is 0.986. The van der Waals surface area contributed by atoms with Gasteiger partial charge >= 0.3 is 0 Å². The molecule has 1 aliphatic rings. The Morgan fingerprint density at radius 1 is 1.29 bits per heavy atom. The highest BCUT2D eigenvalue weighted by atomic mass is 16.5. The summed E-state index contributed by atoms with van der Waals surface area (Å²) in [5, 5.41) is 16.7. The standard InChI is InChI=1S/C17H16N4O3/c1-23-15-5-6-16(20-19-15)24-14-7-8-21(11-14)17(22)13-4-2-3-12(9-13)10-18/h2-6,9,14H,7-8,11H2,1H3/t14-/m0/s1. The van der Waals surface area contributed by atoms with Crippen LogP contribution in [0.5, 0.6) is 11.8 Å². The lowest BCUT2D eigenvalue weighted by molar-refractivity contribution is 0.0771. The van der Waals surface area contributed by atoms with E-state index in [0.717, 1.165) is 6.42 Å². The first-order valence-electron chi connectivity index (χ1n) is 7.53. The number of hydrogen-bond donors (Lipinski definition) is 0. The molecule has 0 saturated carbocycles. The van der Waals surface area contributed by atoms with Crippen molar-refractivity contribution in [3.63, 3.8) is 0 Å². The van der Waals surface area contributed by atoms with Crippen molar-refractivity contribution in [3.8, 4) is 17.8 Å². The van der Waals surface area contributed by atoms with Crippen LogP contribution in [0.4, 0.5) is 0 Å². The molecule has 0 bridgehead atoms. The number of nitriles is 1. The van der Waals surface area contributed by atoms with Gasteiger partial charge in [-0.15, -0.1) is 10.2 Å². The SMILES string of the molecule is COc1ccc(O[C@H]2CCN(C(=O)c3cccc(C#N)c3)C2)nn1. The maximum atomic E-state index is 12.5. The summed E-state index contributed by atoms with van der Waals surface area (Å²) in [6, 6.07) is 12.1. The van der Waals surface area contributed by atoms with Crippen molar-refractivity contribution in [1.29, 1.82) is 5.26 Å². The Hall–Kier alpha value is -3.14. The van der Waals surface area contributed by atoms with Crippen LogP contribution in [-0.2, 0) is 0 Å². The van der Waals surface area contributed by atoms with Gasteiger partial charge in [0.15, 0.2) is 0 Å². The average Bonchev–Trinajstić information content (AvgIpc) is 3.10. The fourth-order valence-electron chi connectivity index (χ4n) is 2.56. The number of carbonyl (C=O) groups is 1. The van der Waals surface area contributed by atoms with E-state index in [2.05, 4.69) is 10.2 Å². The molecule has 0 N–H and O–H groups in total. The molecule has 1 aromatic carbocycles. The molecule has 0 aliphatic carbocycles. The molecule has 7 heteroatoms. The topological polar surface area (TPSA) is 88.3 Å². The summed E-state index contributed by atoms with van der Waals surface area (Å²) < 4.78 is 10.7. The van der Waals surface area contributed by atoms with Crippen LogP contribution in [0.25, 0.3) is 0 Å². The first-order chi connectivity index (χ1) is 11.7. The van der Waals surface area contributed by atoms with E-state index >= 15 is 0 Å². The molecule has 1 aromatic heterocycles. The van der Waals surface area contributed by atoms with Gasteiger partial charge in [0.05, 0.1) is 25.3 Å². The maximum absolute atomic E-state index is 12.5. The summed E-state index contributed by atoms with van der Waals surface area (Å²) in [7, 11) is 1.52. The molecule has 1 saturated heterocycles. The zero-order valence-corrected chi connectivity index (χ0v) is 13.2. The minimum atomic E-state index is -0.129. The Morgan fingerprint density at radius 3 is 2.79 bits per heavy atom. The van der Waals surface area contributed by atoms with E-state index in [1.54, 1.807) is 41.3 Å². The number of aromatic nitrogens is 2. The van der Waals surface area contributed by atoms with Gasteiger partial charge < -0.3 is 14.4 Å². The van der Waals surface area contributed by atoms with Gasteiger partial charge in [-0.25, -0.2) is 0 Å². The molecule has 2 heterocycles. The van der Waals surface area contributed by atoms with Gasteiger partial charge in [0.2, 0.25) is 11.8 Å². The lowest BCUT2D eigenvalue weighted by Crippen LogP contribution is -2.31. The molecule has 122 valence electrons. The predicted octanol–water partition coefficient (Wildman–Crippen LogP) is 1.65. The van der Waals surface area contributed by atoms with E-state index in [0.29, 0.717) is 36.0 Å². The van der Waals surface area contributed by atoms with Crippen molar-refractivity contribution >= 4 is 5.91 Å². The Morgan fingerprint density at radius 2 is 2.08 bits per heavy atom. The molecule has 1 aliphatic heterocycles. The van der Waals surface area contributed by atoms with E-state index in [1.165, 1.54) is 7.11 Å². The lowest BCUT2D eigenvalue weighted by Gasteiger charge is -2.17. The van der Waals surface area contributed by atoms with Crippen LogP contribution in [0.15, 0.2) is 36.4 Å². The van der Waals surface area contributed by atoms with Gasteiger partial charge in [0.25, 0.3) is 5.91 Å². The van der Waals surface area contributed by atoms with Crippen LogP contribution in [0.3, 0.4) is 0 Å². The summed E-state index contributed by atoms with van der Waals surface area (Å²) in [5.74, 6) is 0.726. The lowest BCUT2D eigenvalue weighted by atomic mass is 10.1. The monoisotopic (exact) mass is 324 g/mol. The third kappa shape index (κ3) is 3.43. The van der Waals surface area contributed by atoms with E-state index in [-0.39, 0.29) is 12.0 Å². The van der Waals surface area contributed by atoms with Crippen LogP contribution in [0.1, 0.15) is 22.3 Å². The smallest absolute Gasteiger partial charge is 0.254 e. The van der Waals surface area contributed by atoms with Crippen LogP contribution in [0.2, 0.25) is 0 Å². The summed E-state index contributed by atoms with van der Waals surface area (Å²) >= 11 is 0. The zero-order valence-electron chi connectivity index (χ0n) is 13.2. The minimum Gasteiger partial charge on any atom is -0.480 e. The normalized spacial score (nSPS) is 16.5. The molecule has 0 unspecified atom stereocenters. The number of carbonyl (C=O) groups excluding carboxylic acids is 1. The van der Waals surface area contributed by atoms with Crippen LogP contribution < -0.4 is 9.47 Å². The van der Waals surface area contributed by atoms with Crippen LogP contribution >= 0.6 is 0 Å². The van der Waals surface area contributed by atoms with E-state index in [9.17, 15) is 4.79 Å². The maximum Gasteiger partial charge on any atom is 0.254 e. The second-order valence-electron chi connectivity index (χ2n) is 5.39. The molecule has 1 atom stereocenters. The molecule has 24 heavy (non-hydrogen) atoms. The number of rotatable bonds is 4. The molecule has 1 amide bonds. The molecule has 3 rings (SSSR count). The number of nitrogens with zero attached hydrogens (tertiary/aromatic N) is 4. The van der Waals surface area contributed by atoms with Crippen LogP contribution in [-0.4, -0.2) is 47.3 Å². The third-order valence-corrected chi connectivity index (χ3v) is 3.78. The average molecular weight is 324 g/mol. The second-order valence-corrected chi connectivity index (χ2v) is 5.39. The molecular weight excluding hydrogens is 308 g/mol. The molecular formula is C17H16N4O3. The first-order valence-corrected chi connectivity index (χ1v) is 7.53. The van der Waals surface area contributed by atoms with E-state index in [1.807, 2.05) is 6.07 Å². The highest BCUT2D eigenvalue weighted by Gasteiger charge is 2.28. The number of ether oxygens (including phenoxy) is 2. The number of methoxy groups -OCH3 is 1. The molecule has 1 fully saturated rings. The van der Waals surface area contributed by atoms with Gasteiger partial charge in [-0.3, -0.25) is 4.79 Å². The second kappa shape index (κ2) is 6.96. The number of hydrogen-bond acceptors (Lipinski definition) is 6. The van der Waals surface area contributed by atoms with E-state index < -0.39 is 0 Å². The third-order valence-electron chi connectivity index (χ3n) is 3.78. The molecule has 7 nitrogen and oxygen atoms in total. The highest BCUT2D eigenvalue weighted by Crippen LogP contribution is 2.19. The molecule has 0 radical (unpaired) electrons. The predicted molar refractivity (Wildman–Crippen MR) is 84.7 cm³/mol. The largest absolute Gasteiger partial charge is 0.480 e. The van der Waals surface area contributed by atoms with Gasteiger partial charge in [-0.1, -0.05) is 6.07 Å². The first kappa shape index (κ1) is 15.7. The Kier molecular flexibility index (Phi) is 4.57.